The minimum Gasteiger partial charge on any atom is -0.465 e. The van der Waals surface area contributed by atoms with Gasteiger partial charge in [-0.15, -0.1) is 0 Å². The Morgan fingerprint density at radius 2 is 2.20 bits per heavy atom. The van der Waals surface area contributed by atoms with Gasteiger partial charge in [-0.1, -0.05) is 0 Å². The Labute approximate surface area is 87.4 Å². The Kier molecular flexibility index (Phi) is 3.49. The first kappa shape index (κ1) is 11.3. The highest BCUT2D eigenvalue weighted by Crippen LogP contribution is 2.15. The van der Waals surface area contributed by atoms with Crippen LogP contribution in [-0.2, 0) is 16.1 Å². The zero-order chi connectivity index (χ0) is 11.4. The monoisotopic (exact) mass is 211 g/mol. The molecule has 0 atom stereocenters. The van der Waals surface area contributed by atoms with Crippen molar-refractivity contribution in [2.24, 2.45) is 0 Å². The van der Waals surface area contributed by atoms with Crippen molar-refractivity contribution in [1.29, 1.82) is 0 Å². The molecule has 0 saturated heterocycles. The predicted octanol–water partition coefficient (Wildman–Crippen LogP) is 1.01. The van der Waals surface area contributed by atoms with Crippen LogP contribution in [0.2, 0.25) is 0 Å². The van der Waals surface area contributed by atoms with Crippen molar-refractivity contribution in [3.8, 4) is 0 Å². The number of methoxy groups -OCH3 is 1. The normalized spacial score (nSPS) is 9.80. The molecule has 0 fully saturated rings. The minimum atomic E-state index is -0.440. The summed E-state index contributed by atoms with van der Waals surface area (Å²) in [6.07, 6.45) is 0. The van der Waals surface area contributed by atoms with Gasteiger partial charge in [-0.2, -0.15) is 0 Å². The number of carbonyl (C=O) groups excluding carboxylic acids is 2. The molecule has 0 spiro atoms. The van der Waals surface area contributed by atoms with E-state index in [2.05, 4.69) is 10.1 Å². The third-order valence-electron chi connectivity index (χ3n) is 1.89. The van der Waals surface area contributed by atoms with Crippen molar-refractivity contribution in [1.82, 2.24) is 5.32 Å². The maximum atomic E-state index is 11.2. The van der Waals surface area contributed by atoms with Crippen LogP contribution in [0, 0.1) is 6.92 Å². The number of hydrogen-bond acceptors (Lipinski definition) is 4. The molecule has 82 valence electrons. The van der Waals surface area contributed by atoms with Gasteiger partial charge in [-0.05, 0) is 13.0 Å². The van der Waals surface area contributed by atoms with Crippen LogP contribution in [0.1, 0.15) is 28.8 Å². The first-order valence-corrected chi connectivity index (χ1v) is 4.46. The first-order chi connectivity index (χ1) is 7.04. The maximum absolute atomic E-state index is 11.2. The van der Waals surface area contributed by atoms with Gasteiger partial charge < -0.3 is 14.5 Å². The van der Waals surface area contributed by atoms with Crippen molar-refractivity contribution in [3.05, 3.63) is 23.2 Å². The van der Waals surface area contributed by atoms with Gasteiger partial charge in [-0.3, -0.25) is 4.79 Å². The molecule has 15 heavy (non-hydrogen) atoms. The Hall–Kier alpha value is -1.78. The van der Waals surface area contributed by atoms with E-state index < -0.39 is 5.97 Å². The first-order valence-electron chi connectivity index (χ1n) is 4.46. The Bertz CT molecular complexity index is 381. The number of carbonyl (C=O) groups is 2. The summed E-state index contributed by atoms with van der Waals surface area (Å²) >= 11 is 0. The maximum Gasteiger partial charge on any atom is 0.341 e. The number of rotatable bonds is 3. The van der Waals surface area contributed by atoms with Crippen LogP contribution in [0.25, 0.3) is 0 Å². The van der Waals surface area contributed by atoms with Crippen molar-refractivity contribution < 1.29 is 18.7 Å². The number of amides is 1. The van der Waals surface area contributed by atoms with Crippen molar-refractivity contribution in [2.45, 2.75) is 20.4 Å². The molecule has 1 rings (SSSR count). The summed E-state index contributed by atoms with van der Waals surface area (Å²) in [5.41, 5.74) is 0.387. The summed E-state index contributed by atoms with van der Waals surface area (Å²) in [4.78, 5) is 21.9. The van der Waals surface area contributed by atoms with Crippen LogP contribution in [-0.4, -0.2) is 19.0 Å². The Balaban J connectivity index is 2.76. The lowest BCUT2D eigenvalue weighted by atomic mass is 10.2. The van der Waals surface area contributed by atoms with Crippen molar-refractivity contribution >= 4 is 11.9 Å². The molecule has 0 saturated carbocycles. The third-order valence-corrected chi connectivity index (χ3v) is 1.89. The van der Waals surface area contributed by atoms with E-state index in [0.717, 1.165) is 0 Å². The number of furan rings is 1. The second-order valence-corrected chi connectivity index (χ2v) is 3.08. The van der Waals surface area contributed by atoms with E-state index in [9.17, 15) is 9.59 Å². The summed E-state index contributed by atoms with van der Waals surface area (Å²) in [6.45, 7) is 3.35. The van der Waals surface area contributed by atoms with Crippen molar-refractivity contribution in [3.63, 3.8) is 0 Å². The molecule has 1 aromatic heterocycles. The van der Waals surface area contributed by atoms with E-state index in [4.69, 9.17) is 4.42 Å². The van der Waals surface area contributed by atoms with E-state index in [1.165, 1.54) is 14.0 Å². The molecule has 1 heterocycles. The summed E-state index contributed by atoms with van der Waals surface area (Å²) < 4.78 is 9.84. The number of esters is 1. The van der Waals surface area contributed by atoms with Gasteiger partial charge in [0.1, 0.15) is 17.1 Å². The highest BCUT2D eigenvalue weighted by molar-refractivity contribution is 5.90. The highest BCUT2D eigenvalue weighted by atomic mass is 16.5. The molecule has 0 bridgehead atoms. The molecule has 0 aliphatic rings. The number of nitrogens with one attached hydrogen (secondary N) is 1. The molecule has 5 nitrogen and oxygen atoms in total. The van der Waals surface area contributed by atoms with Crippen LogP contribution in [0.5, 0.6) is 0 Å². The molecule has 0 aromatic carbocycles. The molecule has 0 radical (unpaired) electrons. The van der Waals surface area contributed by atoms with E-state index in [0.29, 0.717) is 17.1 Å². The smallest absolute Gasteiger partial charge is 0.341 e. The fraction of sp³-hybridized carbons (Fsp3) is 0.400. The van der Waals surface area contributed by atoms with E-state index in [1.807, 2.05) is 0 Å². The molecule has 0 aliphatic heterocycles. The van der Waals surface area contributed by atoms with Crippen LogP contribution >= 0.6 is 0 Å². The molecule has 1 amide bonds. The third kappa shape index (κ3) is 2.83. The molecule has 0 aliphatic carbocycles. The summed E-state index contributed by atoms with van der Waals surface area (Å²) in [7, 11) is 1.31. The van der Waals surface area contributed by atoms with Gasteiger partial charge in [0.2, 0.25) is 5.91 Å². The largest absolute Gasteiger partial charge is 0.465 e. The Morgan fingerprint density at radius 3 is 2.73 bits per heavy atom. The number of ether oxygens (including phenoxy) is 1. The lowest BCUT2D eigenvalue weighted by Gasteiger charge is -1.96. The molecule has 0 unspecified atom stereocenters. The zero-order valence-corrected chi connectivity index (χ0v) is 8.92. The summed E-state index contributed by atoms with van der Waals surface area (Å²) in [6, 6.07) is 1.57. The van der Waals surface area contributed by atoms with Gasteiger partial charge in [0.15, 0.2) is 0 Å². The van der Waals surface area contributed by atoms with E-state index in [1.54, 1.807) is 13.0 Å². The molecular formula is C10H13NO4. The van der Waals surface area contributed by atoms with Crippen LogP contribution in [0.15, 0.2) is 10.5 Å². The fourth-order valence-electron chi connectivity index (χ4n) is 1.16. The van der Waals surface area contributed by atoms with Gasteiger partial charge in [-0.25, -0.2) is 4.79 Å². The Morgan fingerprint density at radius 1 is 1.53 bits per heavy atom. The lowest BCUT2D eigenvalue weighted by Crippen LogP contribution is -2.18. The van der Waals surface area contributed by atoms with Gasteiger partial charge in [0.05, 0.1) is 13.7 Å². The van der Waals surface area contributed by atoms with E-state index in [-0.39, 0.29) is 12.5 Å². The summed E-state index contributed by atoms with van der Waals surface area (Å²) in [5, 5.41) is 2.57. The summed E-state index contributed by atoms with van der Waals surface area (Å²) in [5.74, 6) is 0.430. The second-order valence-electron chi connectivity index (χ2n) is 3.08. The molecule has 1 N–H and O–H groups in total. The zero-order valence-electron chi connectivity index (χ0n) is 8.92. The minimum absolute atomic E-state index is 0.149. The molecular weight excluding hydrogens is 198 g/mol. The average molecular weight is 211 g/mol. The molecule has 5 heteroatoms. The quantitative estimate of drug-likeness (QED) is 0.757. The topological polar surface area (TPSA) is 68.5 Å². The second kappa shape index (κ2) is 4.63. The lowest BCUT2D eigenvalue weighted by molar-refractivity contribution is -0.119. The van der Waals surface area contributed by atoms with Gasteiger partial charge in [0.25, 0.3) is 0 Å². The van der Waals surface area contributed by atoms with Gasteiger partial charge in [0, 0.05) is 6.92 Å². The predicted molar refractivity (Wildman–Crippen MR) is 52.3 cm³/mol. The van der Waals surface area contributed by atoms with Crippen molar-refractivity contribution in [2.75, 3.05) is 7.11 Å². The highest BCUT2D eigenvalue weighted by Gasteiger charge is 2.14. The van der Waals surface area contributed by atoms with E-state index >= 15 is 0 Å². The number of aryl methyl sites for hydroxylation is 1. The molecule has 1 aromatic rings. The number of hydrogen-bond donors (Lipinski definition) is 1. The van der Waals surface area contributed by atoms with Crippen LogP contribution < -0.4 is 5.32 Å². The van der Waals surface area contributed by atoms with Crippen LogP contribution in [0.4, 0.5) is 0 Å². The fourth-order valence-corrected chi connectivity index (χ4v) is 1.16. The average Bonchev–Trinajstić information content (AvgIpc) is 2.55. The standard InChI is InChI=1S/C10H13NO4/c1-6-9(10(13)14-3)4-8(15-6)5-11-7(2)12/h4H,5H2,1-3H3,(H,11,12). The van der Waals surface area contributed by atoms with Crippen LogP contribution in [0.3, 0.4) is 0 Å². The SMILES string of the molecule is COC(=O)c1cc(CNC(C)=O)oc1C. The van der Waals surface area contributed by atoms with Gasteiger partial charge >= 0.3 is 5.97 Å².